The Hall–Kier alpha value is -2.93. The van der Waals surface area contributed by atoms with Crippen molar-refractivity contribution < 1.29 is 24.2 Å². The van der Waals surface area contributed by atoms with Crippen LogP contribution in [0.15, 0.2) is 30.4 Å². The summed E-state index contributed by atoms with van der Waals surface area (Å²) in [5, 5.41) is 13.0. The molecule has 31 heavy (non-hydrogen) atoms. The summed E-state index contributed by atoms with van der Waals surface area (Å²) in [4.78, 5) is 38.7. The summed E-state index contributed by atoms with van der Waals surface area (Å²) in [7, 11) is 1.31. The highest BCUT2D eigenvalue weighted by atomic mass is 32.1. The number of anilines is 1. The molecule has 0 spiro atoms. The molecule has 4 atom stereocenters. The second-order valence-electron chi connectivity index (χ2n) is 8.37. The summed E-state index contributed by atoms with van der Waals surface area (Å²) in [6.45, 7) is 5.87. The Morgan fingerprint density at radius 2 is 1.77 bits per heavy atom. The number of fused-ring (bicyclic) bond motifs is 2. The Bertz CT molecular complexity index is 1120. The zero-order chi connectivity index (χ0) is 22.4. The Kier molecular flexibility index (Phi) is 5.47. The summed E-state index contributed by atoms with van der Waals surface area (Å²) in [5.41, 5.74) is 4.05. The van der Waals surface area contributed by atoms with Gasteiger partial charge in [-0.1, -0.05) is 35.9 Å². The van der Waals surface area contributed by atoms with Crippen molar-refractivity contribution in [2.75, 3.05) is 12.4 Å². The number of methoxy groups -OCH3 is 1. The third kappa shape index (κ3) is 3.57. The molecular weight excluding hydrogens is 414 g/mol. The van der Waals surface area contributed by atoms with Gasteiger partial charge in [0.25, 0.3) is 0 Å². The summed E-state index contributed by atoms with van der Waals surface area (Å²) in [5.74, 6) is -3.44. The van der Waals surface area contributed by atoms with Gasteiger partial charge in [-0.2, -0.15) is 0 Å². The lowest BCUT2D eigenvalue weighted by Gasteiger charge is -2.23. The van der Waals surface area contributed by atoms with E-state index in [1.165, 1.54) is 18.4 Å². The van der Waals surface area contributed by atoms with E-state index in [0.717, 1.165) is 27.1 Å². The maximum absolute atomic E-state index is 13.2. The van der Waals surface area contributed by atoms with Crippen molar-refractivity contribution in [3.8, 4) is 11.1 Å². The zero-order valence-electron chi connectivity index (χ0n) is 17.9. The maximum atomic E-state index is 13.2. The number of carbonyl (C=O) groups excluding carboxylic acids is 2. The van der Waals surface area contributed by atoms with E-state index in [2.05, 4.69) is 5.32 Å². The number of carboxylic acid groups (broad SMARTS) is 1. The average Bonchev–Trinajstić information content (AvgIpc) is 3.42. The van der Waals surface area contributed by atoms with E-state index in [9.17, 15) is 19.5 Å². The Balaban J connectivity index is 1.75. The number of hydrogen-bond donors (Lipinski definition) is 2. The van der Waals surface area contributed by atoms with Crippen LogP contribution in [0.3, 0.4) is 0 Å². The van der Waals surface area contributed by atoms with Gasteiger partial charge in [0.1, 0.15) is 10.6 Å². The van der Waals surface area contributed by atoms with E-state index in [4.69, 9.17) is 4.74 Å². The van der Waals surface area contributed by atoms with Crippen molar-refractivity contribution in [1.82, 2.24) is 0 Å². The minimum Gasteiger partial charge on any atom is -0.481 e. The van der Waals surface area contributed by atoms with Crippen LogP contribution >= 0.6 is 11.3 Å². The fourth-order valence-corrected chi connectivity index (χ4v) is 6.03. The number of allylic oxidation sites excluding steroid dienone is 2. The van der Waals surface area contributed by atoms with E-state index in [0.29, 0.717) is 17.0 Å². The number of amides is 1. The van der Waals surface area contributed by atoms with Gasteiger partial charge in [-0.3, -0.25) is 9.59 Å². The number of aliphatic carboxylic acids is 1. The van der Waals surface area contributed by atoms with Crippen LogP contribution in [0.2, 0.25) is 0 Å². The van der Waals surface area contributed by atoms with Crippen molar-refractivity contribution in [3.05, 3.63) is 51.9 Å². The summed E-state index contributed by atoms with van der Waals surface area (Å²) >= 11 is 1.31. The van der Waals surface area contributed by atoms with Gasteiger partial charge in [-0.25, -0.2) is 4.79 Å². The average molecular weight is 440 g/mol. The van der Waals surface area contributed by atoms with Crippen molar-refractivity contribution >= 4 is 34.2 Å². The Morgan fingerprint density at radius 3 is 2.42 bits per heavy atom. The number of nitrogens with one attached hydrogen (secondary N) is 1. The highest BCUT2D eigenvalue weighted by molar-refractivity contribution is 7.17. The molecule has 1 fully saturated rings. The monoisotopic (exact) mass is 439 g/mol. The number of rotatable bonds is 5. The largest absolute Gasteiger partial charge is 0.481 e. The number of benzene rings is 1. The molecule has 6 nitrogen and oxygen atoms in total. The van der Waals surface area contributed by atoms with Gasteiger partial charge in [0, 0.05) is 10.4 Å². The molecule has 1 aromatic carbocycles. The molecule has 0 saturated heterocycles. The number of esters is 1. The number of carboxylic acids is 1. The molecule has 2 aromatic rings. The number of thiophene rings is 1. The van der Waals surface area contributed by atoms with Crippen LogP contribution in [0, 0.1) is 44.4 Å². The first-order chi connectivity index (χ1) is 14.7. The molecular formula is C24H25NO5S. The fourth-order valence-electron chi connectivity index (χ4n) is 4.97. The molecule has 0 aliphatic heterocycles. The predicted octanol–water partition coefficient (Wildman–Crippen LogP) is 4.59. The van der Waals surface area contributed by atoms with E-state index < -0.39 is 23.8 Å². The van der Waals surface area contributed by atoms with Crippen LogP contribution in [0.5, 0.6) is 0 Å². The minimum absolute atomic E-state index is 0.0905. The number of aryl methyl sites for hydroxylation is 3. The van der Waals surface area contributed by atoms with Crippen molar-refractivity contribution in [2.45, 2.75) is 27.2 Å². The molecule has 2 bridgehead atoms. The lowest BCUT2D eigenvalue weighted by Crippen LogP contribution is -2.36. The van der Waals surface area contributed by atoms with Crippen LogP contribution in [-0.4, -0.2) is 30.1 Å². The molecule has 1 aromatic heterocycles. The fraction of sp³-hybridized carbons (Fsp3) is 0.375. The second-order valence-corrected chi connectivity index (χ2v) is 9.60. The standard InChI is InChI=1S/C24H25NO5S/c1-11-5-6-12(2)16(9-11)17-13(3)31-22(20(17)24(29)30-4)25-21(26)18-14-7-8-15(10-14)19(18)23(27)28/h5-9,14-15,18-19H,10H2,1-4H3,(H,25,26)(H,27,28). The molecule has 4 unspecified atom stereocenters. The van der Waals surface area contributed by atoms with Crippen LogP contribution in [-0.2, 0) is 14.3 Å². The molecule has 1 saturated carbocycles. The maximum Gasteiger partial charge on any atom is 0.341 e. The third-order valence-electron chi connectivity index (χ3n) is 6.42. The lowest BCUT2D eigenvalue weighted by molar-refractivity contribution is -0.146. The quantitative estimate of drug-likeness (QED) is 0.525. The van der Waals surface area contributed by atoms with Gasteiger partial charge in [0.15, 0.2) is 0 Å². The second kappa shape index (κ2) is 7.96. The highest BCUT2D eigenvalue weighted by Crippen LogP contribution is 2.49. The number of carbonyl (C=O) groups is 3. The first kappa shape index (κ1) is 21.3. The van der Waals surface area contributed by atoms with Gasteiger partial charge in [-0.15, -0.1) is 11.3 Å². The van der Waals surface area contributed by atoms with Gasteiger partial charge in [0.05, 0.1) is 18.9 Å². The minimum atomic E-state index is -0.955. The SMILES string of the molecule is COC(=O)c1c(NC(=O)C2C3C=CC(C3)C2C(=O)O)sc(C)c1-c1cc(C)ccc1C. The summed E-state index contributed by atoms with van der Waals surface area (Å²) in [6, 6.07) is 6.03. The Morgan fingerprint density at radius 1 is 1.10 bits per heavy atom. The number of ether oxygens (including phenoxy) is 1. The van der Waals surface area contributed by atoms with E-state index >= 15 is 0 Å². The normalized spacial score (nSPS) is 23.7. The van der Waals surface area contributed by atoms with Crippen molar-refractivity contribution in [3.63, 3.8) is 0 Å². The first-order valence-corrected chi connectivity index (χ1v) is 11.1. The van der Waals surface area contributed by atoms with Crippen LogP contribution in [0.4, 0.5) is 5.00 Å². The topological polar surface area (TPSA) is 92.7 Å². The molecule has 2 N–H and O–H groups in total. The summed E-state index contributed by atoms with van der Waals surface area (Å²) < 4.78 is 5.05. The third-order valence-corrected chi connectivity index (χ3v) is 7.44. The Labute approximate surface area is 184 Å². The molecule has 7 heteroatoms. The van der Waals surface area contributed by atoms with Gasteiger partial charge < -0.3 is 15.2 Å². The van der Waals surface area contributed by atoms with Crippen molar-refractivity contribution in [2.24, 2.45) is 23.7 Å². The summed E-state index contributed by atoms with van der Waals surface area (Å²) in [6.07, 6.45) is 4.52. The van der Waals surface area contributed by atoms with Crippen LogP contribution < -0.4 is 5.32 Å². The molecule has 1 amide bonds. The first-order valence-electron chi connectivity index (χ1n) is 10.2. The highest BCUT2D eigenvalue weighted by Gasteiger charge is 2.51. The van der Waals surface area contributed by atoms with E-state index in [-0.39, 0.29) is 17.7 Å². The van der Waals surface area contributed by atoms with Crippen LogP contribution in [0.25, 0.3) is 11.1 Å². The van der Waals surface area contributed by atoms with Crippen LogP contribution in [0.1, 0.15) is 32.8 Å². The zero-order valence-corrected chi connectivity index (χ0v) is 18.7. The van der Waals surface area contributed by atoms with Crippen molar-refractivity contribution in [1.29, 1.82) is 0 Å². The number of hydrogen-bond acceptors (Lipinski definition) is 5. The molecule has 162 valence electrons. The molecule has 2 aliphatic carbocycles. The molecule has 0 radical (unpaired) electrons. The smallest absolute Gasteiger partial charge is 0.341 e. The van der Waals surface area contributed by atoms with Gasteiger partial charge in [-0.05, 0) is 50.2 Å². The van der Waals surface area contributed by atoms with Gasteiger partial charge in [0.2, 0.25) is 5.91 Å². The lowest BCUT2D eigenvalue weighted by atomic mass is 9.82. The van der Waals surface area contributed by atoms with E-state index in [1.807, 2.05) is 51.1 Å². The molecule has 1 heterocycles. The molecule has 2 aliphatic rings. The molecule has 4 rings (SSSR count). The van der Waals surface area contributed by atoms with Gasteiger partial charge >= 0.3 is 11.9 Å². The predicted molar refractivity (Wildman–Crippen MR) is 119 cm³/mol. The van der Waals surface area contributed by atoms with E-state index in [1.54, 1.807) is 0 Å².